The molecule has 2 saturated carbocycles. The van der Waals surface area contributed by atoms with Crippen LogP contribution in [0.15, 0.2) is 29.2 Å². The number of amides is 2. The van der Waals surface area contributed by atoms with E-state index in [0.717, 1.165) is 12.8 Å². The van der Waals surface area contributed by atoms with Crippen LogP contribution >= 0.6 is 0 Å². The molecule has 1 aromatic carbocycles. The van der Waals surface area contributed by atoms with Crippen LogP contribution in [-0.2, 0) is 9.84 Å². The predicted octanol–water partition coefficient (Wildman–Crippen LogP) is 3.28. The van der Waals surface area contributed by atoms with E-state index >= 15 is 0 Å². The molecule has 1 N–H and O–H groups in total. The van der Waals surface area contributed by atoms with Gasteiger partial charge in [-0.2, -0.15) is 0 Å². The number of benzene rings is 1. The average molecular weight is 336 g/mol. The van der Waals surface area contributed by atoms with Gasteiger partial charge < -0.3 is 10.2 Å². The van der Waals surface area contributed by atoms with E-state index in [-0.39, 0.29) is 22.7 Å². The van der Waals surface area contributed by atoms with Crippen molar-refractivity contribution in [3.8, 4) is 0 Å². The Morgan fingerprint density at radius 3 is 2.57 bits per heavy atom. The summed E-state index contributed by atoms with van der Waals surface area (Å²) < 4.78 is 23.9. The van der Waals surface area contributed by atoms with Crippen LogP contribution in [0.5, 0.6) is 0 Å². The van der Waals surface area contributed by atoms with Crippen molar-refractivity contribution >= 4 is 21.6 Å². The molecule has 0 bridgehead atoms. The van der Waals surface area contributed by atoms with Gasteiger partial charge in [-0.05, 0) is 56.7 Å². The Bertz CT molecular complexity index is 694. The lowest BCUT2D eigenvalue weighted by Gasteiger charge is -2.29. The number of rotatable bonds is 6. The third-order valence-electron chi connectivity index (χ3n) is 4.74. The molecular formula is C17H24N2O3S. The van der Waals surface area contributed by atoms with Crippen molar-refractivity contribution in [2.75, 3.05) is 11.1 Å². The second kappa shape index (κ2) is 6.15. The molecule has 0 radical (unpaired) electrons. The lowest BCUT2D eigenvalue weighted by Crippen LogP contribution is -2.44. The first-order valence-electron chi connectivity index (χ1n) is 8.34. The summed E-state index contributed by atoms with van der Waals surface area (Å²) in [6.07, 6.45) is 4.52. The normalized spacial score (nSPS) is 19.2. The summed E-state index contributed by atoms with van der Waals surface area (Å²) in [7, 11) is -3.27. The van der Waals surface area contributed by atoms with Crippen molar-refractivity contribution < 1.29 is 13.2 Å². The number of hydrogen-bond donors (Lipinski definition) is 1. The maximum absolute atomic E-state index is 12.7. The van der Waals surface area contributed by atoms with Crippen LogP contribution in [0.2, 0.25) is 0 Å². The second-order valence-electron chi connectivity index (χ2n) is 6.58. The van der Waals surface area contributed by atoms with E-state index < -0.39 is 9.84 Å². The molecule has 5 nitrogen and oxygen atoms in total. The average Bonchev–Trinajstić information content (AvgIpc) is 3.38. The summed E-state index contributed by atoms with van der Waals surface area (Å²) >= 11 is 0. The SMILES string of the molecule is CCS(=O)(=O)c1cccc(NC(=O)N(C2CC2)[C@H](C)C2CC2)c1. The molecule has 0 aromatic heterocycles. The van der Waals surface area contributed by atoms with Gasteiger partial charge in [0.05, 0.1) is 10.6 Å². The summed E-state index contributed by atoms with van der Waals surface area (Å²) in [4.78, 5) is 14.9. The van der Waals surface area contributed by atoms with Crippen molar-refractivity contribution in [3.63, 3.8) is 0 Å². The van der Waals surface area contributed by atoms with Crippen LogP contribution in [0.4, 0.5) is 10.5 Å². The van der Waals surface area contributed by atoms with Crippen molar-refractivity contribution in [3.05, 3.63) is 24.3 Å². The number of nitrogens with zero attached hydrogens (tertiary/aromatic N) is 1. The summed E-state index contributed by atoms with van der Waals surface area (Å²) in [5.41, 5.74) is 0.540. The Hall–Kier alpha value is -1.56. The van der Waals surface area contributed by atoms with E-state index in [1.165, 1.54) is 12.8 Å². The van der Waals surface area contributed by atoms with Gasteiger partial charge in [0.15, 0.2) is 9.84 Å². The van der Waals surface area contributed by atoms with Gasteiger partial charge in [-0.25, -0.2) is 13.2 Å². The monoisotopic (exact) mass is 336 g/mol. The van der Waals surface area contributed by atoms with Gasteiger partial charge in [-0.15, -0.1) is 0 Å². The van der Waals surface area contributed by atoms with Gasteiger partial charge in [0, 0.05) is 17.8 Å². The van der Waals surface area contributed by atoms with Crippen molar-refractivity contribution in [2.45, 2.75) is 56.5 Å². The van der Waals surface area contributed by atoms with Gasteiger partial charge in [-0.3, -0.25) is 0 Å². The van der Waals surface area contributed by atoms with Gasteiger partial charge in [0.2, 0.25) is 0 Å². The van der Waals surface area contributed by atoms with Crippen molar-refractivity contribution in [2.24, 2.45) is 5.92 Å². The molecule has 0 aliphatic heterocycles. The van der Waals surface area contributed by atoms with E-state index in [2.05, 4.69) is 12.2 Å². The number of hydrogen-bond acceptors (Lipinski definition) is 3. The molecule has 0 saturated heterocycles. The molecule has 23 heavy (non-hydrogen) atoms. The number of nitrogens with one attached hydrogen (secondary N) is 1. The molecule has 2 fully saturated rings. The minimum absolute atomic E-state index is 0.0529. The number of anilines is 1. The predicted molar refractivity (Wildman–Crippen MR) is 90.2 cm³/mol. The summed E-state index contributed by atoms with van der Waals surface area (Å²) in [5, 5.41) is 2.89. The van der Waals surface area contributed by atoms with Crippen LogP contribution in [0.25, 0.3) is 0 Å². The first kappa shape index (κ1) is 16.3. The minimum atomic E-state index is -3.27. The van der Waals surface area contributed by atoms with E-state index in [1.807, 2.05) is 4.90 Å². The lowest BCUT2D eigenvalue weighted by molar-refractivity contribution is 0.180. The quantitative estimate of drug-likeness (QED) is 0.867. The molecule has 126 valence electrons. The molecule has 3 rings (SSSR count). The number of carbonyl (C=O) groups is 1. The highest BCUT2D eigenvalue weighted by atomic mass is 32.2. The highest BCUT2D eigenvalue weighted by Crippen LogP contribution is 2.40. The highest BCUT2D eigenvalue weighted by molar-refractivity contribution is 7.91. The zero-order valence-electron chi connectivity index (χ0n) is 13.7. The molecule has 1 aromatic rings. The Kier molecular flexibility index (Phi) is 4.36. The molecule has 2 aliphatic rings. The molecular weight excluding hydrogens is 312 g/mol. The third-order valence-corrected chi connectivity index (χ3v) is 6.47. The molecule has 2 aliphatic carbocycles. The van der Waals surface area contributed by atoms with E-state index in [4.69, 9.17) is 0 Å². The molecule has 6 heteroatoms. The molecule has 1 atom stereocenters. The molecule has 0 spiro atoms. The van der Waals surface area contributed by atoms with Crippen LogP contribution in [0, 0.1) is 5.92 Å². The largest absolute Gasteiger partial charge is 0.322 e. The van der Waals surface area contributed by atoms with E-state index in [0.29, 0.717) is 17.6 Å². The summed E-state index contributed by atoms with van der Waals surface area (Å²) in [6, 6.07) is 7.00. The Balaban J connectivity index is 1.75. The van der Waals surface area contributed by atoms with Crippen molar-refractivity contribution in [1.29, 1.82) is 0 Å². The van der Waals surface area contributed by atoms with Crippen LogP contribution in [-0.4, -0.2) is 37.2 Å². The molecule has 2 amide bonds. The first-order valence-corrected chi connectivity index (χ1v) is 9.99. The van der Waals surface area contributed by atoms with E-state index in [9.17, 15) is 13.2 Å². The zero-order chi connectivity index (χ0) is 16.6. The highest BCUT2D eigenvalue weighted by Gasteiger charge is 2.41. The zero-order valence-corrected chi connectivity index (χ0v) is 14.5. The Labute approximate surface area is 138 Å². The molecule has 0 unspecified atom stereocenters. The smallest absolute Gasteiger partial charge is 0.319 e. The fourth-order valence-corrected chi connectivity index (χ4v) is 3.89. The Morgan fingerprint density at radius 2 is 2.00 bits per heavy atom. The lowest BCUT2D eigenvalue weighted by atomic mass is 10.2. The van der Waals surface area contributed by atoms with Gasteiger partial charge in [0.25, 0.3) is 0 Å². The summed E-state index contributed by atoms with van der Waals surface area (Å²) in [6.45, 7) is 3.74. The minimum Gasteiger partial charge on any atom is -0.319 e. The standard InChI is InChI=1S/C17H24N2O3S/c1-3-23(21,22)16-6-4-5-14(11-16)18-17(20)19(15-9-10-15)12(2)13-7-8-13/h4-6,11-13,15H,3,7-10H2,1-2H3,(H,18,20)/t12-/m1/s1. The maximum atomic E-state index is 12.7. The molecule has 0 heterocycles. The van der Waals surface area contributed by atoms with Crippen LogP contribution in [0.1, 0.15) is 39.5 Å². The van der Waals surface area contributed by atoms with Crippen LogP contribution < -0.4 is 5.32 Å². The first-order chi connectivity index (χ1) is 10.9. The number of carbonyl (C=O) groups excluding carboxylic acids is 1. The number of sulfone groups is 1. The maximum Gasteiger partial charge on any atom is 0.322 e. The second-order valence-corrected chi connectivity index (χ2v) is 8.86. The van der Waals surface area contributed by atoms with Gasteiger partial charge in [-0.1, -0.05) is 13.0 Å². The topological polar surface area (TPSA) is 66.5 Å². The third kappa shape index (κ3) is 3.68. The fraction of sp³-hybridized carbons (Fsp3) is 0.588. The number of urea groups is 1. The van der Waals surface area contributed by atoms with Crippen molar-refractivity contribution in [1.82, 2.24) is 4.90 Å². The van der Waals surface area contributed by atoms with Crippen LogP contribution in [0.3, 0.4) is 0 Å². The van der Waals surface area contributed by atoms with Gasteiger partial charge >= 0.3 is 6.03 Å². The fourth-order valence-electron chi connectivity index (χ4n) is 2.96. The summed E-state index contributed by atoms with van der Waals surface area (Å²) in [5.74, 6) is 0.672. The Morgan fingerprint density at radius 1 is 1.30 bits per heavy atom. The van der Waals surface area contributed by atoms with Gasteiger partial charge in [0.1, 0.15) is 0 Å². The van der Waals surface area contributed by atoms with E-state index in [1.54, 1.807) is 31.2 Å².